The number of benzene rings is 2. The molecule has 0 heterocycles. The maximum atomic E-state index is 14.5. The van der Waals surface area contributed by atoms with Crippen molar-refractivity contribution < 1.29 is 19.8 Å². The van der Waals surface area contributed by atoms with Gasteiger partial charge >= 0.3 is 0 Å². The van der Waals surface area contributed by atoms with Gasteiger partial charge in [0.2, 0.25) is 0 Å². The molecular formula is C40H64N2O4. The summed E-state index contributed by atoms with van der Waals surface area (Å²) < 4.78 is 0. The molecule has 2 aromatic carbocycles. The lowest BCUT2D eigenvalue weighted by Gasteiger charge is -2.37. The van der Waals surface area contributed by atoms with Crippen molar-refractivity contribution in [1.29, 1.82) is 0 Å². The van der Waals surface area contributed by atoms with E-state index in [9.17, 15) is 19.8 Å². The second-order valence-corrected chi connectivity index (χ2v) is 17.7. The first-order valence-corrected chi connectivity index (χ1v) is 17.1. The van der Waals surface area contributed by atoms with Gasteiger partial charge in [-0.25, -0.2) is 0 Å². The van der Waals surface area contributed by atoms with E-state index >= 15 is 0 Å². The SMILES string of the molecule is CC(C)(C)c1cc(C(CC(=O)C(N)(CCCCCN)C(=O)CC(c2ccc(O)c(C(C)(C)C)c2)C(C)(C)C)C(C)(C)C)ccc1O. The van der Waals surface area contributed by atoms with Crippen LogP contribution in [0.5, 0.6) is 11.5 Å². The third-order valence-electron chi connectivity index (χ3n) is 9.60. The van der Waals surface area contributed by atoms with E-state index in [4.69, 9.17) is 11.5 Å². The Morgan fingerprint density at radius 3 is 1.30 bits per heavy atom. The summed E-state index contributed by atoms with van der Waals surface area (Å²) in [5, 5.41) is 21.3. The molecule has 6 N–H and O–H groups in total. The molecule has 0 spiro atoms. The Morgan fingerprint density at radius 2 is 1.00 bits per heavy atom. The van der Waals surface area contributed by atoms with Gasteiger partial charge in [0.05, 0.1) is 0 Å². The summed E-state index contributed by atoms with van der Waals surface area (Å²) in [7, 11) is 0. The molecule has 0 aliphatic carbocycles. The molecule has 0 fully saturated rings. The molecule has 6 nitrogen and oxygen atoms in total. The zero-order valence-corrected chi connectivity index (χ0v) is 30.9. The van der Waals surface area contributed by atoms with E-state index in [0.717, 1.165) is 35.1 Å². The minimum atomic E-state index is -1.64. The van der Waals surface area contributed by atoms with Crippen molar-refractivity contribution in [2.24, 2.45) is 22.3 Å². The van der Waals surface area contributed by atoms with Crippen LogP contribution in [0.15, 0.2) is 36.4 Å². The molecular weight excluding hydrogens is 572 g/mol. The fourth-order valence-corrected chi connectivity index (χ4v) is 6.48. The Kier molecular flexibility index (Phi) is 12.5. The average Bonchev–Trinajstić information content (AvgIpc) is 2.90. The van der Waals surface area contributed by atoms with Crippen LogP contribution in [0.3, 0.4) is 0 Å². The number of ketones is 2. The van der Waals surface area contributed by atoms with Crippen molar-refractivity contribution in [3.63, 3.8) is 0 Å². The lowest BCUT2D eigenvalue weighted by atomic mass is 9.67. The summed E-state index contributed by atoms with van der Waals surface area (Å²) in [5.41, 5.74) is 13.5. The highest BCUT2D eigenvalue weighted by Gasteiger charge is 2.45. The van der Waals surface area contributed by atoms with E-state index in [-0.39, 0.29) is 75.8 Å². The second kappa shape index (κ2) is 14.6. The van der Waals surface area contributed by atoms with Crippen LogP contribution in [0.25, 0.3) is 0 Å². The maximum absolute atomic E-state index is 14.5. The van der Waals surface area contributed by atoms with E-state index in [2.05, 4.69) is 83.1 Å². The van der Waals surface area contributed by atoms with Crippen molar-refractivity contribution in [3.8, 4) is 11.5 Å². The topological polar surface area (TPSA) is 127 Å². The first-order valence-electron chi connectivity index (χ1n) is 17.1. The number of phenols is 2. The Morgan fingerprint density at radius 1 is 0.630 bits per heavy atom. The third-order valence-corrected chi connectivity index (χ3v) is 9.60. The minimum Gasteiger partial charge on any atom is -0.508 e. The Bertz CT molecular complexity index is 1250. The largest absolute Gasteiger partial charge is 0.508 e. The summed E-state index contributed by atoms with van der Waals surface area (Å²) in [6.45, 7) is 25.5. The first-order chi connectivity index (χ1) is 20.8. The second-order valence-electron chi connectivity index (χ2n) is 17.7. The van der Waals surface area contributed by atoms with Crippen LogP contribution >= 0.6 is 0 Å². The van der Waals surface area contributed by atoms with Gasteiger partial charge in [-0.15, -0.1) is 0 Å². The molecule has 2 rings (SSSR count). The molecule has 0 aliphatic rings. The van der Waals surface area contributed by atoms with Gasteiger partial charge in [0.25, 0.3) is 0 Å². The van der Waals surface area contributed by atoms with E-state index in [1.165, 1.54) is 0 Å². The third kappa shape index (κ3) is 9.90. The highest BCUT2D eigenvalue weighted by molar-refractivity contribution is 6.11. The van der Waals surface area contributed by atoms with Gasteiger partial charge < -0.3 is 21.7 Å². The Labute approximate surface area is 279 Å². The number of unbranched alkanes of at least 4 members (excludes halogenated alkanes) is 2. The number of phenolic OH excluding ortho intramolecular Hbond substituents is 2. The summed E-state index contributed by atoms with van der Waals surface area (Å²) in [6.07, 6.45) is 2.73. The van der Waals surface area contributed by atoms with Gasteiger partial charge in [0.1, 0.15) is 17.0 Å². The molecule has 258 valence electrons. The molecule has 0 radical (unpaired) electrons. The summed E-state index contributed by atoms with van der Waals surface area (Å²) in [6, 6.07) is 11.2. The van der Waals surface area contributed by atoms with Gasteiger partial charge in [-0.3, -0.25) is 9.59 Å². The van der Waals surface area contributed by atoms with Crippen LogP contribution in [0.1, 0.15) is 156 Å². The molecule has 0 saturated carbocycles. The fourth-order valence-electron chi connectivity index (χ4n) is 6.48. The monoisotopic (exact) mass is 636 g/mol. The molecule has 6 heteroatoms. The number of Topliss-reactive ketones (excluding diaryl/α,β-unsaturated/α-hetero) is 2. The quantitative estimate of drug-likeness (QED) is 0.129. The molecule has 2 aromatic rings. The van der Waals surface area contributed by atoms with Crippen molar-refractivity contribution in [2.75, 3.05) is 6.54 Å². The highest BCUT2D eigenvalue weighted by atomic mass is 16.3. The number of hydrogen-bond acceptors (Lipinski definition) is 6. The lowest BCUT2D eigenvalue weighted by molar-refractivity contribution is -0.136. The lowest BCUT2D eigenvalue weighted by Crippen LogP contribution is -2.56. The Balaban J connectivity index is 2.59. The number of hydrogen-bond donors (Lipinski definition) is 4. The highest BCUT2D eigenvalue weighted by Crippen LogP contribution is 2.45. The first kappa shape index (κ1) is 39.5. The predicted molar refractivity (Wildman–Crippen MR) is 192 cm³/mol. The van der Waals surface area contributed by atoms with Gasteiger partial charge in [-0.05, 0) is 87.3 Å². The van der Waals surface area contributed by atoms with Crippen molar-refractivity contribution in [1.82, 2.24) is 0 Å². The van der Waals surface area contributed by atoms with Gasteiger partial charge in [-0.1, -0.05) is 120 Å². The van der Waals surface area contributed by atoms with Crippen LogP contribution in [0.2, 0.25) is 0 Å². The Hall–Kier alpha value is -2.70. The normalized spacial score (nSPS) is 15.7. The standard InChI is InChI=1S/C40H64N2O4/c1-36(2,3)28(26-16-18-32(43)30(22-26)38(7,8)9)24-34(45)40(42,20-14-13-15-21-41)35(46)25-29(37(4,5)6)27-17-19-33(44)31(23-27)39(10,11)12/h16-19,22-23,28-29,43-44H,13-15,20-21,24-25,41-42H2,1-12H3. The molecule has 2 atom stereocenters. The molecule has 0 bridgehead atoms. The zero-order valence-electron chi connectivity index (χ0n) is 30.9. The van der Waals surface area contributed by atoms with Crippen molar-refractivity contribution in [2.45, 2.75) is 150 Å². The van der Waals surface area contributed by atoms with Gasteiger partial charge in [0.15, 0.2) is 11.6 Å². The van der Waals surface area contributed by atoms with Crippen molar-refractivity contribution in [3.05, 3.63) is 58.7 Å². The van der Waals surface area contributed by atoms with Gasteiger partial charge in [0, 0.05) is 12.8 Å². The van der Waals surface area contributed by atoms with Crippen LogP contribution < -0.4 is 11.5 Å². The zero-order chi connectivity index (χ0) is 35.5. The summed E-state index contributed by atoms with van der Waals surface area (Å²) >= 11 is 0. The van der Waals surface area contributed by atoms with Crippen LogP contribution in [-0.4, -0.2) is 33.9 Å². The van der Waals surface area contributed by atoms with Gasteiger partial charge in [-0.2, -0.15) is 0 Å². The van der Waals surface area contributed by atoms with E-state index < -0.39 is 5.54 Å². The van der Waals surface area contributed by atoms with Crippen LogP contribution in [0, 0.1) is 10.8 Å². The molecule has 0 amide bonds. The summed E-state index contributed by atoms with van der Waals surface area (Å²) in [4.78, 5) is 29.0. The summed E-state index contributed by atoms with van der Waals surface area (Å²) in [5.74, 6) is -0.461. The molecule has 0 saturated heterocycles. The number of nitrogens with two attached hydrogens (primary N) is 2. The number of aromatic hydroxyl groups is 2. The fraction of sp³-hybridized carbons (Fsp3) is 0.650. The average molecular weight is 637 g/mol. The molecule has 46 heavy (non-hydrogen) atoms. The predicted octanol–water partition coefficient (Wildman–Crippen LogP) is 8.79. The van der Waals surface area contributed by atoms with E-state index in [0.29, 0.717) is 13.0 Å². The number of carbonyl (C=O) groups excluding carboxylic acids is 2. The van der Waals surface area contributed by atoms with Crippen LogP contribution in [0.4, 0.5) is 0 Å². The van der Waals surface area contributed by atoms with Crippen molar-refractivity contribution >= 4 is 11.6 Å². The number of carbonyl (C=O) groups is 2. The van der Waals surface area contributed by atoms with Crippen LogP contribution in [-0.2, 0) is 20.4 Å². The van der Waals surface area contributed by atoms with E-state index in [1.807, 2.05) is 24.3 Å². The minimum absolute atomic E-state index is 0.116. The molecule has 0 aromatic heterocycles. The molecule has 0 aliphatic heterocycles. The smallest absolute Gasteiger partial charge is 0.160 e. The molecule has 2 unspecified atom stereocenters. The maximum Gasteiger partial charge on any atom is 0.160 e. The van der Waals surface area contributed by atoms with E-state index in [1.54, 1.807) is 12.1 Å². The number of rotatable bonds is 13.